The Morgan fingerprint density at radius 1 is 1.13 bits per heavy atom. The quantitative estimate of drug-likeness (QED) is 0.487. The van der Waals surface area contributed by atoms with E-state index < -0.39 is 0 Å². The lowest BCUT2D eigenvalue weighted by Gasteiger charge is -2.25. The van der Waals surface area contributed by atoms with Gasteiger partial charge in [-0.25, -0.2) is 4.98 Å². The molecule has 2 aromatic carbocycles. The first-order valence-corrected chi connectivity index (χ1v) is 10.1. The van der Waals surface area contributed by atoms with Crippen molar-refractivity contribution in [3.8, 4) is 11.4 Å². The van der Waals surface area contributed by atoms with Gasteiger partial charge in [-0.3, -0.25) is 9.36 Å². The van der Waals surface area contributed by atoms with E-state index in [1.54, 1.807) is 16.8 Å². The third-order valence-corrected chi connectivity index (χ3v) is 5.64. The second kappa shape index (κ2) is 7.63. The predicted molar refractivity (Wildman–Crippen MR) is 116 cm³/mol. The molecule has 6 nitrogen and oxygen atoms in total. The van der Waals surface area contributed by atoms with Crippen molar-refractivity contribution in [3.63, 3.8) is 0 Å². The molecule has 0 atom stereocenters. The molecule has 152 valence electrons. The molecule has 1 aliphatic heterocycles. The van der Waals surface area contributed by atoms with Crippen molar-refractivity contribution in [2.75, 3.05) is 13.2 Å². The second-order valence-electron chi connectivity index (χ2n) is 7.42. The molecule has 1 fully saturated rings. The summed E-state index contributed by atoms with van der Waals surface area (Å²) in [7, 11) is 2.00. The monoisotopic (exact) mass is 421 g/mol. The first-order chi connectivity index (χ1) is 14.6. The largest absolute Gasteiger partial charge is 0.489 e. The highest BCUT2D eigenvalue weighted by Crippen LogP contribution is 2.27. The predicted octanol–water partition coefficient (Wildman–Crippen LogP) is 4.07. The van der Waals surface area contributed by atoms with E-state index in [0.717, 1.165) is 28.1 Å². The molecule has 30 heavy (non-hydrogen) atoms. The standard InChI is InChI=1S/C23H20ClN3O3/c1-26-21-10-18(6-7-20(21)25-23(26)16-13-29-14-16)27-9-8-19(11-22(27)28)30-12-15-2-4-17(24)5-3-15/h2-11,16H,12-14H2,1H3. The van der Waals surface area contributed by atoms with E-state index in [1.165, 1.54) is 6.07 Å². The fourth-order valence-electron chi connectivity index (χ4n) is 3.61. The van der Waals surface area contributed by atoms with Crippen LogP contribution >= 0.6 is 11.6 Å². The van der Waals surface area contributed by atoms with Crippen molar-refractivity contribution in [2.24, 2.45) is 7.05 Å². The maximum atomic E-state index is 12.7. The van der Waals surface area contributed by atoms with E-state index in [2.05, 4.69) is 4.57 Å². The van der Waals surface area contributed by atoms with Crippen molar-refractivity contribution in [1.29, 1.82) is 0 Å². The molecule has 5 rings (SSSR count). The van der Waals surface area contributed by atoms with Crippen LogP contribution < -0.4 is 10.3 Å². The van der Waals surface area contributed by atoms with Crippen LogP contribution in [-0.2, 0) is 18.4 Å². The SMILES string of the molecule is Cn1c(C2COC2)nc2ccc(-n3ccc(OCc4ccc(Cl)cc4)cc3=O)cc21. The highest BCUT2D eigenvalue weighted by atomic mass is 35.5. The Hall–Kier alpha value is -3.09. The van der Waals surface area contributed by atoms with Gasteiger partial charge in [-0.15, -0.1) is 0 Å². The van der Waals surface area contributed by atoms with Gasteiger partial charge < -0.3 is 14.0 Å². The molecule has 0 radical (unpaired) electrons. The molecule has 2 aromatic heterocycles. The minimum atomic E-state index is -0.155. The molecule has 0 N–H and O–H groups in total. The highest BCUT2D eigenvalue weighted by Gasteiger charge is 2.25. The van der Waals surface area contributed by atoms with E-state index in [4.69, 9.17) is 26.1 Å². The number of nitrogens with zero attached hydrogens (tertiary/aromatic N) is 3. The average Bonchev–Trinajstić information content (AvgIpc) is 3.02. The van der Waals surface area contributed by atoms with Crippen LogP contribution in [0.25, 0.3) is 16.7 Å². The van der Waals surface area contributed by atoms with Gasteiger partial charge in [0, 0.05) is 24.3 Å². The van der Waals surface area contributed by atoms with Crippen LogP contribution in [0.3, 0.4) is 0 Å². The number of fused-ring (bicyclic) bond motifs is 1. The van der Waals surface area contributed by atoms with Crippen LogP contribution in [0, 0.1) is 0 Å². The number of rotatable bonds is 5. The topological polar surface area (TPSA) is 58.3 Å². The molecule has 7 heteroatoms. The molecular weight excluding hydrogens is 402 g/mol. The Labute approximate surface area is 178 Å². The van der Waals surface area contributed by atoms with Gasteiger partial charge in [0.1, 0.15) is 18.2 Å². The molecular formula is C23H20ClN3O3. The van der Waals surface area contributed by atoms with Gasteiger partial charge in [0.15, 0.2) is 0 Å². The molecule has 0 aliphatic carbocycles. The second-order valence-corrected chi connectivity index (χ2v) is 7.86. The minimum absolute atomic E-state index is 0.155. The number of halogens is 1. The summed E-state index contributed by atoms with van der Waals surface area (Å²) in [5.74, 6) is 1.89. The molecule has 1 saturated heterocycles. The van der Waals surface area contributed by atoms with Crippen LogP contribution in [0.2, 0.25) is 5.02 Å². The van der Waals surface area contributed by atoms with E-state index in [9.17, 15) is 4.79 Å². The number of pyridine rings is 1. The third kappa shape index (κ3) is 3.49. The van der Waals surface area contributed by atoms with E-state index in [0.29, 0.717) is 36.5 Å². The van der Waals surface area contributed by atoms with Crippen molar-refractivity contribution < 1.29 is 9.47 Å². The Balaban J connectivity index is 1.39. The lowest BCUT2D eigenvalue weighted by Crippen LogP contribution is -2.27. The average molecular weight is 422 g/mol. The highest BCUT2D eigenvalue weighted by molar-refractivity contribution is 6.30. The molecule has 0 bridgehead atoms. The van der Waals surface area contributed by atoms with Crippen molar-refractivity contribution in [1.82, 2.24) is 14.1 Å². The number of benzene rings is 2. The van der Waals surface area contributed by atoms with Crippen LogP contribution in [0.5, 0.6) is 5.75 Å². The Morgan fingerprint density at radius 3 is 2.63 bits per heavy atom. The Bertz CT molecular complexity index is 1270. The summed E-state index contributed by atoms with van der Waals surface area (Å²) in [6.07, 6.45) is 1.73. The maximum Gasteiger partial charge on any atom is 0.258 e. The van der Waals surface area contributed by atoms with E-state index >= 15 is 0 Å². The summed E-state index contributed by atoms with van der Waals surface area (Å²) >= 11 is 5.90. The summed E-state index contributed by atoms with van der Waals surface area (Å²) in [5, 5.41) is 0.680. The van der Waals surface area contributed by atoms with Gasteiger partial charge in [-0.2, -0.15) is 0 Å². The third-order valence-electron chi connectivity index (χ3n) is 5.39. The Kier molecular flexibility index (Phi) is 4.81. The molecule has 0 unspecified atom stereocenters. The van der Waals surface area contributed by atoms with Crippen LogP contribution in [-0.4, -0.2) is 27.3 Å². The van der Waals surface area contributed by atoms with Crippen LogP contribution in [0.1, 0.15) is 17.3 Å². The summed E-state index contributed by atoms with van der Waals surface area (Å²) in [6, 6.07) is 16.6. The van der Waals surface area contributed by atoms with Crippen molar-refractivity contribution >= 4 is 22.6 Å². The zero-order chi connectivity index (χ0) is 20.7. The van der Waals surface area contributed by atoms with Gasteiger partial charge >= 0.3 is 0 Å². The van der Waals surface area contributed by atoms with Gasteiger partial charge in [-0.1, -0.05) is 23.7 Å². The number of hydrogen-bond donors (Lipinski definition) is 0. The van der Waals surface area contributed by atoms with Gasteiger partial charge in [0.05, 0.1) is 35.9 Å². The number of aryl methyl sites for hydroxylation is 1. The fourth-order valence-corrected chi connectivity index (χ4v) is 3.73. The first kappa shape index (κ1) is 18.9. The van der Waals surface area contributed by atoms with E-state index in [-0.39, 0.29) is 5.56 Å². The Morgan fingerprint density at radius 2 is 1.93 bits per heavy atom. The maximum absolute atomic E-state index is 12.7. The van der Waals surface area contributed by atoms with Gasteiger partial charge in [0.2, 0.25) is 0 Å². The number of hydrogen-bond acceptors (Lipinski definition) is 4. The lowest BCUT2D eigenvalue weighted by atomic mass is 10.1. The zero-order valence-electron chi connectivity index (χ0n) is 16.4. The first-order valence-electron chi connectivity index (χ1n) is 9.73. The van der Waals surface area contributed by atoms with E-state index in [1.807, 2.05) is 49.5 Å². The molecule has 0 amide bonds. The van der Waals surface area contributed by atoms with Gasteiger partial charge in [-0.05, 0) is 42.0 Å². The van der Waals surface area contributed by atoms with Crippen LogP contribution in [0.15, 0.2) is 65.6 Å². The van der Waals surface area contributed by atoms with Crippen molar-refractivity contribution in [2.45, 2.75) is 12.5 Å². The van der Waals surface area contributed by atoms with Crippen LogP contribution in [0.4, 0.5) is 0 Å². The lowest BCUT2D eigenvalue weighted by molar-refractivity contribution is 0.00400. The molecule has 1 aliphatic rings. The minimum Gasteiger partial charge on any atom is -0.489 e. The zero-order valence-corrected chi connectivity index (χ0v) is 17.2. The number of ether oxygens (including phenoxy) is 2. The number of aromatic nitrogens is 3. The summed E-state index contributed by atoms with van der Waals surface area (Å²) in [4.78, 5) is 17.4. The normalized spacial score (nSPS) is 14.1. The fraction of sp³-hybridized carbons (Fsp3) is 0.217. The molecule has 3 heterocycles. The molecule has 0 saturated carbocycles. The summed E-state index contributed by atoms with van der Waals surface area (Å²) < 4.78 is 14.7. The molecule has 4 aromatic rings. The summed E-state index contributed by atoms with van der Waals surface area (Å²) in [5.41, 5.74) is 3.52. The molecule has 0 spiro atoms. The smallest absolute Gasteiger partial charge is 0.258 e. The van der Waals surface area contributed by atoms with Crippen molar-refractivity contribution in [3.05, 3.63) is 87.6 Å². The summed E-state index contributed by atoms with van der Waals surface area (Å²) in [6.45, 7) is 1.79. The van der Waals surface area contributed by atoms with Gasteiger partial charge in [0.25, 0.3) is 5.56 Å². The number of imidazole rings is 1.